The summed E-state index contributed by atoms with van der Waals surface area (Å²) in [5.74, 6) is 0.600. The second-order valence-corrected chi connectivity index (χ2v) is 12.3. The van der Waals surface area contributed by atoms with Crippen LogP contribution in [0, 0.1) is 5.92 Å². The lowest BCUT2D eigenvalue weighted by molar-refractivity contribution is -0.140. The Kier molecular flexibility index (Phi) is 10.3. The van der Waals surface area contributed by atoms with E-state index in [1.165, 1.54) is 29.9 Å². The Morgan fingerprint density at radius 2 is 1.66 bits per heavy atom. The van der Waals surface area contributed by atoms with Gasteiger partial charge in [-0.05, 0) is 59.9 Å². The molecule has 0 aliphatic carbocycles. The van der Waals surface area contributed by atoms with Gasteiger partial charge in [-0.1, -0.05) is 67.6 Å². The highest BCUT2D eigenvalue weighted by Crippen LogP contribution is 2.36. The van der Waals surface area contributed by atoms with Gasteiger partial charge in [0.1, 0.15) is 6.61 Å². The van der Waals surface area contributed by atoms with E-state index in [4.69, 9.17) is 23.7 Å². The number of carbonyl (C=O) groups is 2. The van der Waals surface area contributed by atoms with Crippen molar-refractivity contribution < 1.29 is 33.3 Å². The predicted octanol–water partition coefficient (Wildman–Crippen LogP) is 4.96. The van der Waals surface area contributed by atoms with Crippen molar-refractivity contribution in [1.29, 1.82) is 0 Å². The van der Waals surface area contributed by atoms with Gasteiger partial charge in [-0.25, -0.2) is 9.79 Å². The lowest BCUT2D eigenvalue weighted by Gasteiger charge is -2.25. The molecule has 0 unspecified atom stereocenters. The van der Waals surface area contributed by atoms with Crippen LogP contribution in [-0.4, -0.2) is 37.3 Å². The molecule has 1 aliphatic rings. The molecule has 0 saturated carbocycles. The van der Waals surface area contributed by atoms with Crippen LogP contribution in [-0.2, 0) is 20.9 Å². The number of hydrogen-bond acceptors (Lipinski definition) is 10. The van der Waals surface area contributed by atoms with Crippen LogP contribution in [0.3, 0.4) is 0 Å². The monoisotopic (exact) mass is 656 g/mol. The number of methoxy groups -OCH3 is 2. The van der Waals surface area contributed by atoms with Gasteiger partial charge in [0, 0.05) is 6.92 Å². The molecule has 11 heteroatoms. The summed E-state index contributed by atoms with van der Waals surface area (Å²) in [6.07, 6.45) is 1.75. The van der Waals surface area contributed by atoms with Gasteiger partial charge in [0.25, 0.3) is 5.56 Å². The van der Waals surface area contributed by atoms with E-state index in [1.54, 1.807) is 50.4 Å². The summed E-state index contributed by atoms with van der Waals surface area (Å²) in [4.78, 5) is 44.4. The molecule has 0 amide bonds. The first kappa shape index (κ1) is 33.2. The summed E-state index contributed by atoms with van der Waals surface area (Å²) >= 11 is 1.21. The van der Waals surface area contributed by atoms with E-state index in [9.17, 15) is 14.4 Å². The average molecular weight is 657 g/mol. The minimum atomic E-state index is -0.878. The lowest BCUT2D eigenvalue weighted by atomic mass is 9.95. The van der Waals surface area contributed by atoms with Crippen molar-refractivity contribution in [2.24, 2.45) is 10.9 Å². The summed E-state index contributed by atoms with van der Waals surface area (Å²) < 4.78 is 29.9. The smallest absolute Gasteiger partial charge is 0.338 e. The molecule has 0 N–H and O–H groups in total. The number of hydrogen-bond donors (Lipinski definition) is 0. The van der Waals surface area contributed by atoms with Crippen molar-refractivity contribution >= 4 is 29.4 Å². The second-order valence-electron chi connectivity index (χ2n) is 11.3. The molecule has 5 rings (SSSR count). The number of benzene rings is 3. The number of allylic oxidation sites excluding steroid dienone is 1. The Morgan fingerprint density at radius 3 is 2.34 bits per heavy atom. The number of nitrogens with zero attached hydrogens (tertiary/aromatic N) is 2. The van der Waals surface area contributed by atoms with Crippen molar-refractivity contribution in [1.82, 2.24) is 4.57 Å². The molecule has 0 saturated heterocycles. The summed E-state index contributed by atoms with van der Waals surface area (Å²) in [7, 11) is 3.01. The van der Waals surface area contributed by atoms with Crippen molar-refractivity contribution in [2.45, 2.75) is 40.3 Å². The van der Waals surface area contributed by atoms with E-state index in [1.807, 2.05) is 50.2 Å². The van der Waals surface area contributed by atoms with Gasteiger partial charge in [0.15, 0.2) is 27.8 Å². The fourth-order valence-electron chi connectivity index (χ4n) is 5.09. The van der Waals surface area contributed by atoms with Gasteiger partial charge in [-0.3, -0.25) is 14.2 Å². The number of ether oxygens (including phenoxy) is 5. The topological polar surface area (TPSA) is 115 Å². The fourth-order valence-corrected chi connectivity index (χ4v) is 6.14. The van der Waals surface area contributed by atoms with Gasteiger partial charge in [-0.15, -0.1) is 0 Å². The normalized spacial score (nSPS) is 14.4. The van der Waals surface area contributed by atoms with Crippen LogP contribution in [0.15, 0.2) is 87.8 Å². The van der Waals surface area contributed by atoms with Crippen LogP contribution in [0.4, 0.5) is 0 Å². The third-order valence-electron chi connectivity index (χ3n) is 7.27. The molecule has 0 spiro atoms. The van der Waals surface area contributed by atoms with E-state index in [0.29, 0.717) is 38.7 Å². The molecule has 0 bridgehead atoms. The first-order chi connectivity index (χ1) is 22.6. The van der Waals surface area contributed by atoms with E-state index >= 15 is 0 Å². The predicted molar refractivity (Wildman–Crippen MR) is 178 cm³/mol. The Labute approximate surface area is 276 Å². The molecule has 0 radical (unpaired) electrons. The quantitative estimate of drug-likeness (QED) is 0.165. The zero-order valence-electron chi connectivity index (χ0n) is 27.1. The van der Waals surface area contributed by atoms with E-state index in [-0.39, 0.29) is 35.2 Å². The molecule has 1 aromatic heterocycles. The molecule has 2 heterocycles. The van der Waals surface area contributed by atoms with Crippen LogP contribution in [0.2, 0.25) is 0 Å². The number of thiazole rings is 1. The maximum atomic E-state index is 14.1. The van der Waals surface area contributed by atoms with Crippen LogP contribution in [0.5, 0.6) is 23.0 Å². The molecule has 244 valence electrons. The number of aromatic nitrogens is 1. The van der Waals surface area contributed by atoms with Crippen molar-refractivity contribution in [3.8, 4) is 23.0 Å². The standard InChI is InChI=1S/C36H36N2O8S/c1-21(2)19-45-35(41)32-22(3)37-36-38(33(32)26-13-15-28(46-23(4)39)30(18-26)43-6)34(40)31(47-36)17-25-12-14-27(29(16-25)42-5)44-20-24-10-8-7-9-11-24/h7-18,21,33H,19-20H2,1-6H3/b31-17-/t33-/m0/s1. The van der Waals surface area contributed by atoms with Crippen LogP contribution >= 0.6 is 11.3 Å². The van der Waals surface area contributed by atoms with Gasteiger partial charge in [-0.2, -0.15) is 0 Å². The minimum absolute atomic E-state index is 0.106. The Balaban J connectivity index is 1.58. The van der Waals surface area contributed by atoms with Crippen molar-refractivity contribution in [3.63, 3.8) is 0 Å². The summed E-state index contributed by atoms with van der Waals surface area (Å²) in [5.41, 5.74) is 2.62. The van der Waals surface area contributed by atoms with Gasteiger partial charge in [0.05, 0.1) is 42.7 Å². The number of carbonyl (C=O) groups excluding carboxylic acids is 2. The minimum Gasteiger partial charge on any atom is -0.493 e. The van der Waals surface area contributed by atoms with Gasteiger partial charge in [0.2, 0.25) is 0 Å². The molecule has 10 nitrogen and oxygen atoms in total. The molecule has 0 fully saturated rings. The highest BCUT2D eigenvalue weighted by atomic mass is 32.1. The molecule has 1 atom stereocenters. The Bertz CT molecular complexity index is 2010. The number of esters is 2. The highest BCUT2D eigenvalue weighted by molar-refractivity contribution is 7.07. The molecule has 47 heavy (non-hydrogen) atoms. The average Bonchev–Trinajstić information content (AvgIpc) is 3.36. The SMILES string of the molecule is COc1cc(/C=c2\sc3n(c2=O)[C@@H](c2ccc(OC(C)=O)c(OC)c2)C(C(=O)OCC(C)C)=C(C)N=3)ccc1OCc1ccccc1. The third kappa shape index (κ3) is 7.47. The zero-order chi connectivity index (χ0) is 33.7. The molecule has 4 aromatic rings. The van der Waals surface area contributed by atoms with Crippen molar-refractivity contribution in [3.05, 3.63) is 114 Å². The number of rotatable bonds is 11. The maximum absolute atomic E-state index is 14.1. The molecular weight excluding hydrogens is 620 g/mol. The zero-order valence-corrected chi connectivity index (χ0v) is 27.9. The largest absolute Gasteiger partial charge is 0.493 e. The first-order valence-electron chi connectivity index (χ1n) is 15.0. The Hall–Kier alpha value is -5.16. The third-order valence-corrected chi connectivity index (χ3v) is 8.25. The van der Waals surface area contributed by atoms with E-state index in [2.05, 4.69) is 4.99 Å². The van der Waals surface area contributed by atoms with Crippen LogP contribution in [0.25, 0.3) is 6.08 Å². The molecular formula is C36H36N2O8S. The molecule has 3 aromatic carbocycles. The second kappa shape index (κ2) is 14.5. The summed E-state index contributed by atoms with van der Waals surface area (Å²) in [6.45, 7) is 7.48. The molecule has 1 aliphatic heterocycles. The Morgan fingerprint density at radius 1 is 0.957 bits per heavy atom. The summed E-state index contributed by atoms with van der Waals surface area (Å²) in [6, 6.07) is 19.3. The first-order valence-corrected chi connectivity index (χ1v) is 15.8. The van der Waals surface area contributed by atoms with Gasteiger partial charge < -0.3 is 23.7 Å². The number of fused-ring (bicyclic) bond motifs is 1. The van der Waals surface area contributed by atoms with E-state index in [0.717, 1.165) is 11.1 Å². The van der Waals surface area contributed by atoms with Crippen molar-refractivity contribution in [2.75, 3.05) is 20.8 Å². The summed E-state index contributed by atoms with van der Waals surface area (Å²) in [5, 5.41) is 0. The maximum Gasteiger partial charge on any atom is 0.338 e. The van der Waals surface area contributed by atoms with E-state index < -0.39 is 18.0 Å². The lowest BCUT2D eigenvalue weighted by Crippen LogP contribution is -2.40. The van der Waals surface area contributed by atoms with Gasteiger partial charge >= 0.3 is 11.9 Å². The van der Waals surface area contributed by atoms with Crippen LogP contribution < -0.4 is 33.8 Å². The highest BCUT2D eigenvalue weighted by Gasteiger charge is 2.34. The fraction of sp³-hybridized carbons (Fsp3) is 0.278. The van der Waals surface area contributed by atoms with Crippen LogP contribution in [0.1, 0.15) is 50.4 Å².